The lowest BCUT2D eigenvalue weighted by molar-refractivity contribution is -0.122. The second-order valence-corrected chi connectivity index (χ2v) is 17.4. The summed E-state index contributed by atoms with van der Waals surface area (Å²) >= 11 is 6.26. The van der Waals surface area contributed by atoms with Crippen LogP contribution < -0.4 is 5.32 Å². The van der Waals surface area contributed by atoms with Gasteiger partial charge in [0.05, 0.1) is 25.4 Å². The maximum atomic E-state index is 12.7. The second-order valence-electron chi connectivity index (χ2n) is 12.7. The second kappa shape index (κ2) is 34.2. The fraction of sp³-hybridized carbons (Fsp3) is 0.917. The number of hydrogen-bond acceptors (Lipinski definition) is 5. The Morgan fingerprint density at radius 2 is 1.13 bits per heavy atom. The molecule has 0 radical (unpaired) electrons. The van der Waals surface area contributed by atoms with E-state index >= 15 is 0 Å². The van der Waals surface area contributed by atoms with Crippen LogP contribution in [0.1, 0.15) is 181 Å². The maximum Gasteiger partial charge on any atom is 0.396 e. The third-order valence-electron chi connectivity index (χ3n) is 8.30. The van der Waals surface area contributed by atoms with Gasteiger partial charge in [0, 0.05) is 27.2 Å². The van der Waals surface area contributed by atoms with Gasteiger partial charge in [-0.05, 0) is 19.3 Å². The Morgan fingerprint density at radius 1 is 0.711 bits per heavy atom. The molecule has 0 saturated heterocycles. The summed E-state index contributed by atoms with van der Waals surface area (Å²) in [6.45, 7) is 4.63. The number of alkyl halides is 1. The molecule has 0 saturated carbocycles. The van der Waals surface area contributed by atoms with E-state index in [4.69, 9.17) is 9.05 Å². The number of unbranched alkanes of at least 4 members (excludes halogenated alkanes) is 23. The first-order valence-corrected chi connectivity index (χ1v) is 23.3. The summed E-state index contributed by atoms with van der Waals surface area (Å²) in [5, 5.41) is 14.3. The van der Waals surface area contributed by atoms with Gasteiger partial charge in [0.1, 0.15) is 0 Å². The molecule has 0 fully saturated rings. The summed E-state index contributed by atoms with van der Waals surface area (Å²) in [5.74, 6) is -0.115. The van der Waals surface area contributed by atoms with Crippen LogP contribution in [0.25, 0.3) is 0 Å². The zero-order valence-electron chi connectivity index (χ0n) is 29.1. The molecule has 0 aromatic carbocycles. The molecular formula is C36H70Br2NO5P. The van der Waals surface area contributed by atoms with Crippen molar-refractivity contribution < 1.29 is 23.5 Å². The summed E-state index contributed by atoms with van der Waals surface area (Å²) in [6.07, 6.45) is 31.3. The summed E-state index contributed by atoms with van der Waals surface area (Å²) in [5.41, 5.74) is 0. The van der Waals surface area contributed by atoms with Gasteiger partial charge in [0.2, 0.25) is 5.91 Å². The van der Waals surface area contributed by atoms with Gasteiger partial charge < -0.3 is 10.4 Å². The number of carbonyl (C=O) groups is 1. The fourth-order valence-corrected chi connectivity index (χ4v) is 7.38. The molecule has 0 bridgehead atoms. The summed E-state index contributed by atoms with van der Waals surface area (Å²) in [6, 6.07) is -0.702. The van der Waals surface area contributed by atoms with Gasteiger partial charge in [-0.3, -0.25) is 13.8 Å². The predicted molar refractivity (Wildman–Crippen MR) is 201 cm³/mol. The number of aliphatic hydroxyl groups is 1. The zero-order valence-corrected chi connectivity index (χ0v) is 33.2. The monoisotopic (exact) mass is 785 g/mol. The van der Waals surface area contributed by atoms with Crippen molar-refractivity contribution in [2.24, 2.45) is 0 Å². The van der Waals surface area contributed by atoms with Crippen molar-refractivity contribution in [1.82, 2.24) is 5.32 Å². The number of rotatable bonds is 35. The normalized spacial score (nSPS) is 14.5. The fourth-order valence-electron chi connectivity index (χ4n) is 5.45. The van der Waals surface area contributed by atoms with Crippen LogP contribution in [-0.4, -0.2) is 41.7 Å². The quantitative estimate of drug-likeness (QED) is 0.0289. The van der Waals surface area contributed by atoms with E-state index < -0.39 is 18.4 Å². The minimum atomic E-state index is -3.46. The van der Waals surface area contributed by atoms with Crippen LogP contribution in [0.5, 0.6) is 0 Å². The van der Waals surface area contributed by atoms with Gasteiger partial charge in [-0.25, -0.2) is 4.57 Å². The van der Waals surface area contributed by atoms with Crippen molar-refractivity contribution >= 4 is 43.6 Å². The molecule has 3 atom stereocenters. The van der Waals surface area contributed by atoms with E-state index in [2.05, 4.69) is 50.6 Å². The van der Waals surface area contributed by atoms with Crippen LogP contribution in [0, 0.1) is 0 Å². The summed E-state index contributed by atoms with van der Waals surface area (Å²) < 4.78 is 23.2. The minimum Gasteiger partial charge on any atom is -0.387 e. The van der Waals surface area contributed by atoms with E-state index in [1.165, 1.54) is 128 Å². The Labute approximate surface area is 294 Å². The Morgan fingerprint density at radius 3 is 1.58 bits per heavy atom. The van der Waals surface area contributed by atoms with Crippen LogP contribution in [0.15, 0.2) is 12.2 Å². The zero-order chi connectivity index (χ0) is 33.3. The number of carbonyl (C=O) groups excluding carboxylic acids is 1. The predicted octanol–water partition coefficient (Wildman–Crippen LogP) is 12.5. The molecule has 0 aromatic heterocycles. The maximum absolute atomic E-state index is 12.7. The molecule has 0 aliphatic rings. The van der Waals surface area contributed by atoms with Crippen LogP contribution in [0.4, 0.5) is 0 Å². The molecule has 9 heteroatoms. The minimum absolute atomic E-state index is 0.112. The smallest absolute Gasteiger partial charge is 0.387 e. The molecule has 2 N–H and O–H groups in total. The number of hydrogen-bond donors (Lipinski definition) is 2. The van der Waals surface area contributed by atoms with Gasteiger partial charge >= 0.3 is 6.30 Å². The van der Waals surface area contributed by atoms with E-state index in [9.17, 15) is 14.5 Å². The third-order valence-corrected chi connectivity index (χ3v) is 10.8. The highest BCUT2D eigenvalue weighted by atomic mass is 79.9. The first-order valence-electron chi connectivity index (χ1n) is 18.6. The number of allylic oxidation sites excluding steroid dienone is 1. The van der Waals surface area contributed by atoms with Crippen LogP contribution in [0.3, 0.4) is 0 Å². The van der Waals surface area contributed by atoms with Crippen LogP contribution >= 0.6 is 37.7 Å². The molecule has 268 valence electrons. The average Bonchev–Trinajstić information content (AvgIpc) is 3.02. The molecule has 6 nitrogen and oxygen atoms in total. The highest BCUT2D eigenvalue weighted by Gasteiger charge is 2.26. The van der Waals surface area contributed by atoms with Crippen molar-refractivity contribution in [2.45, 2.75) is 193 Å². The molecule has 0 spiro atoms. The highest BCUT2D eigenvalue weighted by molar-refractivity contribution is 9.39. The van der Waals surface area contributed by atoms with Crippen LogP contribution in [-0.2, 0) is 18.4 Å². The van der Waals surface area contributed by atoms with E-state index in [0.29, 0.717) is 11.8 Å². The highest BCUT2D eigenvalue weighted by Crippen LogP contribution is 2.56. The standard InChI is InChI=1S/C36H70Br2NO5P/c1-3-5-7-9-11-13-15-17-19-21-23-25-27-29-35(40)34(33-44-45(38,42)43-32-31-37)39-36(41)30-28-26-24-22-20-18-16-14-12-10-8-6-4-2/h27,29,34-35,40H,3-26,28,30-33H2,1-2H3,(H,39,41)/b29-27+/t34-,35+,45?/m0/s1. The molecule has 0 aliphatic heterocycles. The molecule has 0 aromatic rings. The first-order chi connectivity index (χ1) is 21.9. The third kappa shape index (κ3) is 32.6. The van der Waals surface area contributed by atoms with E-state index in [1.807, 2.05) is 6.08 Å². The SMILES string of the molecule is CCCCCCCCCCCCC/C=C/[C@@H](O)[C@H](COP(=O)(Br)OCCBr)NC(=O)CCCCCCCCCCCCCCC. The number of nitrogens with one attached hydrogen (secondary N) is 1. The molecule has 45 heavy (non-hydrogen) atoms. The topological polar surface area (TPSA) is 84.9 Å². The lowest BCUT2D eigenvalue weighted by atomic mass is 10.0. The number of aliphatic hydroxyl groups excluding tert-OH is 1. The molecular weight excluding hydrogens is 717 g/mol. The first kappa shape index (κ1) is 45.3. The van der Waals surface area contributed by atoms with E-state index in [0.717, 1.165) is 32.1 Å². The molecule has 0 heterocycles. The lowest BCUT2D eigenvalue weighted by Crippen LogP contribution is -2.45. The summed E-state index contributed by atoms with van der Waals surface area (Å²) in [7, 11) is 0. The largest absolute Gasteiger partial charge is 0.396 e. The lowest BCUT2D eigenvalue weighted by Gasteiger charge is -2.23. The molecule has 0 aliphatic carbocycles. The summed E-state index contributed by atoms with van der Waals surface area (Å²) in [4.78, 5) is 12.7. The molecule has 1 amide bonds. The van der Waals surface area contributed by atoms with Crippen LogP contribution in [0.2, 0.25) is 0 Å². The van der Waals surface area contributed by atoms with Crippen molar-refractivity contribution in [1.29, 1.82) is 0 Å². The van der Waals surface area contributed by atoms with Crippen molar-refractivity contribution in [2.75, 3.05) is 18.5 Å². The van der Waals surface area contributed by atoms with Gasteiger partial charge in [-0.2, -0.15) is 0 Å². The Balaban J connectivity index is 4.31. The average molecular weight is 788 g/mol. The number of amides is 1. The van der Waals surface area contributed by atoms with Gasteiger partial charge in [-0.1, -0.05) is 183 Å². The van der Waals surface area contributed by atoms with Crippen molar-refractivity contribution in [3.8, 4) is 0 Å². The van der Waals surface area contributed by atoms with Gasteiger partial charge in [-0.15, -0.1) is 0 Å². The Kier molecular flexibility index (Phi) is 34.4. The van der Waals surface area contributed by atoms with E-state index in [-0.39, 0.29) is 19.1 Å². The molecule has 0 rings (SSSR count). The Bertz CT molecular complexity index is 728. The Hall–Kier alpha value is 0.280. The van der Waals surface area contributed by atoms with Crippen molar-refractivity contribution in [3.63, 3.8) is 0 Å². The van der Waals surface area contributed by atoms with Crippen molar-refractivity contribution in [3.05, 3.63) is 12.2 Å². The number of halogens is 2. The van der Waals surface area contributed by atoms with E-state index in [1.54, 1.807) is 6.08 Å². The molecule has 1 unspecified atom stereocenters. The van der Waals surface area contributed by atoms with Gasteiger partial charge in [0.15, 0.2) is 0 Å². The van der Waals surface area contributed by atoms with Gasteiger partial charge in [0.25, 0.3) is 0 Å².